The van der Waals surface area contributed by atoms with E-state index in [2.05, 4.69) is 55.6 Å². The van der Waals surface area contributed by atoms with Crippen LogP contribution in [0.4, 0.5) is 10.5 Å². The lowest BCUT2D eigenvalue weighted by Gasteiger charge is -2.14. The molecule has 0 atom stereocenters. The van der Waals surface area contributed by atoms with Gasteiger partial charge in [-0.05, 0) is 49.1 Å². The molecule has 0 aliphatic carbocycles. The van der Waals surface area contributed by atoms with E-state index in [-0.39, 0.29) is 6.03 Å². The van der Waals surface area contributed by atoms with Gasteiger partial charge < -0.3 is 10.2 Å². The number of amides is 2. The van der Waals surface area contributed by atoms with Crippen LogP contribution in [0, 0.1) is 6.92 Å². The Labute approximate surface area is 149 Å². The zero-order chi connectivity index (χ0) is 17.5. The summed E-state index contributed by atoms with van der Waals surface area (Å²) in [6, 6.07) is 14.8. The molecule has 3 nitrogen and oxygen atoms in total. The summed E-state index contributed by atoms with van der Waals surface area (Å²) >= 11 is 1.88. The van der Waals surface area contributed by atoms with Crippen molar-refractivity contribution in [2.24, 2.45) is 0 Å². The Bertz CT molecular complexity index is 681. The van der Waals surface area contributed by atoms with Crippen molar-refractivity contribution in [3.05, 3.63) is 59.2 Å². The summed E-state index contributed by atoms with van der Waals surface area (Å²) in [5, 5.41) is 2.91. The van der Waals surface area contributed by atoms with Gasteiger partial charge in [0.2, 0.25) is 0 Å². The zero-order valence-corrected chi connectivity index (χ0v) is 15.7. The van der Waals surface area contributed by atoms with Crippen LogP contribution in [0.3, 0.4) is 0 Å². The van der Waals surface area contributed by atoms with Gasteiger partial charge in [0.25, 0.3) is 0 Å². The first-order valence-electron chi connectivity index (χ1n) is 8.29. The molecule has 4 heteroatoms. The second-order valence-corrected chi connectivity index (χ2v) is 7.22. The third kappa shape index (κ3) is 5.31. The van der Waals surface area contributed by atoms with Crippen LogP contribution in [0.1, 0.15) is 23.6 Å². The predicted molar refractivity (Wildman–Crippen MR) is 104 cm³/mol. The van der Waals surface area contributed by atoms with Crippen LogP contribution in [-0.2, 0) is 12.8 Å². The number of rotatable bonds is 6. The predicted octanol–water partition coefficient (Wildman–Crippen LogP) is 4.99. The van der Waals surface area contributed by atoms with Crippen LogP contribution in [0.5, 0.6) is 0 Å². The molecule has 2 amide bonds. The lowest BCUT2D eigenvalue weighted by Crippen LogP contribution is -2.27. The number of benzene rings is 2. The molecule has 0 fully saturated rings. The van der Waals surface area contributed by atoms with E-state index < -0.39 is 0 Å². The summed E-state index contributed by atoms with van der Waals surface area (Å²) in [5.41, 5.74) is 4.81. The second-order valence-electron chi connectivity index (χ2n) is 6.08. The Morgan fingerprint density at radius 3 is 2.46 bits per heavy atom. The summed E-state index contributed by atoms with van der Waals surface area (Å²) in [6.45, 7) is 4.26. The molecule has 0 bridgehead atoms. The van der Waals surface area contributed by atoms with Gasteiger partial charge in [0.1, 0.15) is 0 Å². The standard InChI is InChI=1S/C20H26N2OS/c1-5-17-14-18(21-20(23)22(3)4)10-11-19(17)24-13-12-16-8-6-15(2)7-9-16/h6-11,14H,5,12-13H2,1-4H3,(H,21,23). The van der Waals surface area contributed by atoms with Gasteiger partial charge >= 0.3 is 6.03 Å². The fourth-order valence-electron chi connectivity index (χ4n) is 2.34. The Morgan fingerprint density at radius 2 is 1.83 bits per heavy atom. The molecule has 2 aromatic carbocycles. The van der Waals surface area contributed by atoms with Gasteiger partial charge in [-0.15, -0.1) is 11.8 Å². The first-order valence-corrected chi connectivity index (χ1v) is 9.27. The molecule has 0 spiro atoms. The van der Waals surface area contributed by atoms with Crippen LogP contribution >= 0.6 is 11.8 Å². The summed E-state index contributed by atoms with van der Waals surface area (Å²) in [6.07, 6.45) is 2.02. The average Bonchev–Trinajstić information content (AvgIpc) is 2.57. The van der Waals surface area contributed by atoms with Crippen molar-refractivity contribution < 1.29 is 4.79 Å². The number of carbonyl (C=O) groups is 1. The Hall–Kier alpha value is -1.94. The van der Waals surface area contributed by atoms with E-state index in [1.54, 1.807) is 14.1 Å². The van der Waals surface area contributed by atoms with Gasteiger partial charge in [-0.2, -0.15) is 0 Å². The van der Waals surface area contributed by atoms with Gasteiger partial charge in [-0.3, -0.25) is 0 Å². The molecule has 0 aliphatic rings. The third-order valence-electron chi connectivity index (χ3n) is 3.87. The van der Waals surface area contributed by atoms with Crippen molar-refractivity contribution in [3.8, 4) is 0 Å². The summed E-state index contributed by atoms with van der Waals surface area (Å²) in [5.74, 6) is 1.06. The van der Waals surface area contributed by atoms with E-state index in [4.69, 9.17) is 0 Å². The van der Waals surface area contributed by atoms with Gasteiger partial charge in [0.05, 0.1) is 0 Å². The second kappa shape index (κ2) is 8.78. The molecule has 128 valence electrons. The highest BCUT2D eigenvalue weighted by Gasteiger charge is 2.07. The highest BCUT2D eigenvalue weighted by atomic mass is 32.2. The molecule has 0 aliphatic heterocycles. The number of nitrogens with one attached hydrogen (secondary N) is 1. The van der Waals surface area contributed by atoms with E-state index in [1.807, 2.05) is 17.8 Å². The maximum atomic E-state index is 11.8. The van der Waals surface area contributed by atoms with Crippen molar-refractivity contribution in [1.82, 2.24) is 4.90 Å². The Morgan fingerprint density at radius 1 is 1.12 bits per heavy atom. The van der Waals surface area contributed by atoms with Gasteiger partial charge in [-0.1, -0.05) is 36.8 Å². The number of hydrogen-bond acceptors (Lipinski definition) is 2. The number of hydrogen-bond donors (Lipinski definition) is 1. The van der Waals surface area contributed by atoms with E-state index in [9.17, 15) is 4.79 Å². The van der Waals surface area contributed by atoms with Gasteiger partial charge in [0, 0.05) is 30.4 Å². The zero-order valence-electron chi connectivity index (χ0n) is 14.9. The van der Waals surface area contributed by atoms with Crippen molar-refractivity contribution >= 4 is 23.5 Å². The fraction of sp³-hybridized carbons (Fsp3) is 0.350. The lowest BCUT2D eigenvalue weighted by molar-refractivity contribution is 0.230. The van der Waals surface area contributed by atoms with Gasteiger partial charge in [-0.25, -0.2) is 4.79 Å². The molecule has 0 heterocycles. The SMILES string of the molecule is CCc1cc(NC(=O)N(C)C)ccc1SCCc1ccc(C)cc1. The lowest BCUT2D eigenvalue weighted by atomic mass is 10.1. The van der Waals surface area contributed by atoms with Crippen molar-refractivity contribution in [2.75, 3.05) is 25.2 Å². The first kappa shape index (κ1) is 18.4. The largest absolute Gasteiger partial charge is 0.331 e. The van der Waals surface area contributed by atoms with Crippen LogP contribution in [0.2, 0.25) is 0 Å². The molecule has 0 unspecified atom stereocenters. The molecule has 1 N–H and O–H groups in total. The van der Waals surface area contributed by atoms with Crippen LogP contribution < -0.4 is 5.32 Å². The molecule has 2 rings (SSSR count). The van der Waals surface area contributed by atoms with Crippen LogP contribution in [0.25, 0.3) is 0 Å². The molecule has 2 aromatic rings. The fourth-order valence-corrected chi connectivity index (χ4v) is 3.45. The van der Waals surface area contributed by atoms with Crippen molar-refractivity contribution in [1.29, 1.82) is 0 Å². The molecule has 0 saturated carbocycles. The number of thioether (sulfide) groups is 1. The number of aryl methyl sites for hydroxylation is 3. The molecule has 0 radical (unpaired) electrons. The normalized spacial score (nSPS) is 10.5. The number of anilines is 1. The first-order chi connectivity index (χ1) is 11.5. The van der Waals surface area contributed by atoms with E-state index in [0.29, 0.717) is 0 Å². The Balaban J connectivity index is 1.97. The number of urea groups is 1. The van der Waals surface area contributed by atoms with E-state index in [0.717, 1.165) is 24.3 Å². The smallest absolute Gasteiger partial charge is 0.321 e. The maximum Gasteiger partial charge on any atom is 0.321 e. The Kier molecular flexibility index (Phi) is 6.73. The van der Waals surface area contributed by atoms with Crippen molar-refractivity contribution in [2.45, 2.75) is 31.6 Å². The number of nitrogens with zero attached hydrogens (tertiary/aromatic N) is 1. The molecule has 0 saturated heterocycles. The quantitative estimate of drug-likeness (QED) is 0.750. The van der Waals surface area contributed by atoms with Gasteiger partial charge in [0.15, 0.2) is 0 Å². The minimum absolute atomic E-state index is 0.100. The minimum Gasteiger partial charge on any atom is -0.331 e. The minimum atomic E-state index is -0.100. The van der Waals surface area contributed by atoms with Crippen molar-refractivity contribution in [3.63, 3.8) is 0 Å². The number of carbonyl (C=O) groups excluding carboxylic acids is 1. The average molecular weight is 343 g/mol. The highest BCUT2D eigenvalue weighted by molar-refractivity contribution is 7.99. The highest BCUT2D eigenvalue weighted by Crippen LogP contribution is 2.27. The van der Waals surface area contributed by atoms with E-state index >= 15 is 0 Å². The molecule has 24 heavy (non-hydrogen) atoms. The third-order valence-corrected chi connectivity index (χ3v) is 4.99. The topological polar surface area (TPSA) is 32.3 Å². The molecular weight excluding hydrogens is 316 g/mol. The summed E-state index contributed by atoms with van der Waals surface area (Å²) in [7, 11) is 3.48. The van der Waals surface area contributed by atoms with Crippen LogP contribution in [0.15, 0.2) is 47.4 Å². The molecular formula is C20H26N2OS. The monoisotopic (exact) mass is 342 g/mol. The van der Waals surface area contributed by atoms with E-state index in [1.165, 1.54) is 26.5 Å². The summed E-state index contributed by atoms with van der Waals surface area (Å²) < 4.78 is 0. The maximum absolute atomic E-state index is 11.8. The molecule has 0 aromatic heterocycles. The summed E-state index contributed by atoms with van der Waals surface area (Å²) in [4.78, 5) is 14.6. The van der Waals surface area contributed by atoms with Crippen LogP contribution in [-0.4, -0.2) is 30.8 Å².